The number of nitrogens with zero attached hydrogens (tertiary/aromatic N) is 2. The Morgan fingerprint density at radius 1 is 1.53 bits per heavy atom. The van der Waals surface area contributed by atoms with Gasteiger partial charge >= 0.3 is 0 Å². The van der Waals surface area contributed by atoms with E-state index in [0.717, 1.165) is 19.5 Å². The maximum absolute atomic E-state index is 4.21. The summed E-state index contributed by atoms with van der Waals surface area (Å²) in [4.78, 5) is 0. The van der Waals surface area contributed by atoms with Crippen LogP contribution in [0.5, 0.6) is 0 Å². The second-order valence-corrected chi connectivity index (χ2v) is 6.69. The van der Waals surface area contributed by atoms with Crippen LogP contribution >= 0.6 is 11.8 Å². The van der Waals surface area contributed by atoms with E-state index in [0.29, 0.717) is 11.5 Å². The van der Waals surface area contributed by atoms with Crippen LogP contribution in [-0.4, -0.2) is 33.9 Å². The van der Waals surface area contributed by atoms with E-state index >= 15 is 0 Å². The van der Waals surface area contributed by atoms with Crippen LogP contribution in [0.15, 0.2) is 18.5 Å². The molecule has 1 aliphatic heterocycles. The van der Waals surface area contributed by atoms with Gasteiger partial charge in [-0.3, -0.25) is 4.68 Å². The van der Waals surface area contributed by atoms with Gasteiger partial charge < -0.3 is 5.32 Å². The Morgan fingerprint density at radius 2 is 2.41 bits per heavy atom. The number of aromatic nitrogens is 2. The minimum atomic E-state index is 0.503. The zero-order chi connectivity index (χ0) is 12.1. The van der Waals surface area contributed by atoms with Crippen molar-refractivity contribution in [2.24, 2.45) is 5.41 Å². The largest absolute Gasteiger partial charge is 0.313 e. The zero-order valence-corrected chi connectivity index (χ0v) is 11.7. The third-order valence-electron chi connectivity index (χ3n) is 3.17. The summed E-state index contributed by atoms with van der Waals surface area (Å²) >= 11 is 2.09. The van der Waals surface area contributed by atoms with E-state index in [1.807, 2.05) is 23.1 Å². The minimum absolute atomic E-state index is 0.503. The van der Waals surface area contributed by atoms with Gasteiger partial charge in [-0.05, 0) is 36.6 Å². The summed E-state index contributed by atoms with van der Waals surface area (Å²) in [7, 11) is 0. The van der Waals surface area contributed by atoms with Crippen molar-refractivity contribution >= 4 is 11.8 Å². The molecule has 1 aliphatic rings. The molecule has 0 aliphatic carbocycles. The molecule has 2 heterocycles. The van der Waals surface area contributed by atoms with Crippen LogP contribution in [-0.2, 0) is 6.54 Å². The monoisotopic (exact) mass is 253 g/mol. The molecule has 1 aromatic heterocycles. The lowest BCUT2D eigenvalue weighted by atomic mass is 9.88. The number of rotatable bonds is 5. The second kappa shape index (κ2) is 5.91. The molecule has 0 radical (unpaired) electrons. The van der Waals surface area contributed by atoms with Crippen molar-refractivity contribution in [1.29, 1.82) is 0 Å². The maximum atomic E-state index is 4.21. The first-order valence-corrected chi connectivity index (χ1v) is 7.60. The van der Waals surface area contributed by atoms with Gasteiger partial charge in [-0.2, -0.15) is 16.9 Å². The van der Waals surface area contributed by atoms with E-state index in [2.05, 4.69) is 36.0 Å². The van der Waals surface area contributed by atoms with Gasteiger partial charge in [0, 0.05) is 30.7 Å². The topological polar surface area (TPSA) is 29.9 Å². The summed E-state index contributed by atoms with van der Waals surface area (Å²) in [5, 5.41) is 7.89. The summed E-state index contributed by atoms with van der Waals surface area (Å²) in [6.07, 6.45) is 6.33. The molecule has 1 saturated heterocycles. The summed E-state index contributed by atoms with van der Waals surface area (Å²) in [6, 6.07) is 2.68. The van der Waals surface area contributed by atoms with Crippen molar-refractivity contribution in [2.45, 2.75) is 39.3 Å². The predicted molar refractivity (Wildman–Crippen MR) is 74.4 cm³/mol. The summed E-state index contributed by atoms with van der Waals surface area (Å²) in [5.41, 5.74) is 0.503. The summed E-state index contributed by atoms with van der Waals surface area (Å²) < 4.78 is 2.00. The molecule has 1 atom stereocenters. The number of thioether (sulfide) groups is 1. The number of hydrogen-bond donors (Lipinski definition) is 1. The quantitative estimate of drug-likeness (QED) is 0.817. The smallest absolute Gasteiger partial charge is 0.0489 e. The highest BCUT2D eigenvalue weighted by molar-refractivity contribution is 7.99. The zero-order valence-electron chi connectivity index (χ0n) is 10.9. The molecule has 0 amide bonds. The lowest BCUT2D eigenvalue weighted by Crippen LogP contribution is -2.40. The van der Waals surface area contributed by atoms with Crippen LogP contribution in [0, 0.1) is 5.41 Å². The van der Waals surface area contributed by atoms with Gasteiger partial charge in [-0.1, -0.05) is 13.8 Å². The first kappa shape index (κ1) is 13.0. The fourth-order valence-electron chi connectivity index (χ4n) is 2.37. The van der Waals surface area contributed by atoms with Crippen molar-refractivity contribution in [3.63, 3.8) is 0 Å². The fraction of sp³-hybridized carbons (Fsp3) is 0.769. The molecule has 0 bridgehead atoms. The molecule has 4 heteroatoms. The predicted octanol–water partition coefficient (Wildman–Crippen LogP) is 2.39. The van der Waals surface area contributed by atoms with Gasteiger partial charge in [-0.15, -0.1) is 0 Å². The highest BCUT2D eigenvalue weighted by Crippen LogP contribution is 2.33. The first-order valence-electron chi connectivity index (χ1n) is 6.44. The molecule has 1 N–H and O–H groups in total. The normalized spacial score (nSPS) is 23.8. The molecule has 0 saturated carbocycles. The number of aryl methyl sites for hydroxylation is 1. The molecule has 96 valence electrons. The highest BCUT2D eigenvalue weighted by atomic mass is 32.2. The van der Waals surface area contributed by atoms with Gasteiger partial charge in [0.15, 0.2) is 0 Å². The van der Waals surface area contributed by atoms with Crippen LogP contribution < -0.4 is 5.32 Å². The van der Waals surface area contributed by atoms with Crippen molar-refractivity contribution in [3.8, 4) is 0 Å². The Morgan fingerprint density at radius 3 is 3.12 bits per heavy atom. The van der Waals surface area contributed by atoms with Crippen molar-refractivity contribution in [2.75, 3.05) is 18.1 Å². The number of hydrogen-bond acceptors (Lipinski definition) is 3. The van der Waals surface area contributed by atoms with E-state index < -0.39 is 0 Å². The van der Waals surface area contributed by atoms with Crippen molar-refractivity contribution in [3.05, 3.63) is 18.5 Å². The third kappa shape index (κ3) is 4.36. The summed E-state index contributed by atoms with van der Waals surface area (Å²) in [6.45, 7) is 6.86. The molecular formula is C13H23N3S. The van der Waals surface area contributed by atoms with Crippen LogP contribution in [0.2, 0.25) is 0 Å². The van der Waals surface area contributed by atoms with E-state index in [4.69, 9.17) is 0 Å². The second-order valence-electron chi connectivity index (χ2n) is 5.66. The van der Waals surface area contributed by atoms with Crippen LogP contribution in [0.1, 0.15) is 26.7 Å². The fourth-order valence-corrected chi connectivity index (χ4v) is 3.68. The Bertz CT molecular complexity index is 321. The molecule has 0 spiro atoms. The average molecular weight is 253 g/mol. The Kier molecular flexibility index (Phi) is 4.51. The molecular weight excluding hydrogens is 230 g/mol. The van der Waals surface area contributed by atoms with Crippen LogP contribution in [0.25, 0.3) is 0 Å². The average Bonchev–Trinajstić information content (AvgIpc) is 2.76. The third-order valence-corrected chi connectivity index (χ3v) is 4.79. The van der Waals surface area contributed by atoms with Crippen LogP contribution in [0.3, 0.4) is 0 Å². The molecule has 3 nitrogen and oxygen atoms in total. The van der Waals surface area contributed by atoms with E-state index in [9.17, 15) is 0 Å². The van der Waals surface area contributed by atoms with E-state index in [-0.39, 0.29) is 0 Å². The Balaban J connectivity index is 1.62. The minimum Gasteiger partial charge on any atom is -0.313 e. The summed E-state index contributed by atoms with van der Waals surface area (Å²) in [5.74, 6) is 2.57. The molecule has 17 heavy (non-hydrogen) atoms. The standard InChI is InChI=1S/C13H23N3S/c1-13(2)9-12(10-17-11-13)14-5-3-7-16-8-4-6-15-16/h4,6,8,12,14H,3,5,7,9-11H2,1-2H3. The lowest BCUT2D eigenvalue weighted by molar-refractivity contribution is 0.316. The molecule has 2 rings (SSSR count). The van der Waals surface area contributed by atoms with Gasteiger partial charge in [0.2, 0.25) is 0 Å². The number of nitrogens with one attached hydrogen (secondary N) is 1. The van der Waals surface area contributed by atoms with Crippen LogP contribution in [0.4, 0.5) is 0 Å². The molecule has 1 unspecified atom stereocenters. The molecule has 1 fully saturated rings. The molecule has 0 aromatic carbocycles. The Hall–Kier alpha value is -0.480. The lowest BCUT2D eigenvalue weighted by Gasteiger charge is -2.35. The maximum Gasteiger partial charge on any atom is 0.0489 e. The van der Waals surface area contributed by atoms with Gasteiger partial charge in [0.25, 0.3) is 0 Å². The van der Waals surface area contributed by atoms with Crippen molar-refractivity contribution in [1.82, 2.24) is 15.1 Å². The van der Waals surface area contributed by atoms with E-state index in [1.54, 1.807) is 0 Å². The van der Waals surface area contributed by atoms with Gasteiger partial charge in [0.05, 0.1) is 0 Å². The highest BCUT2D eigenvalue weighted by Gasteiger charge is 2.27. The van der Waals surface area contributed by atoms with Crippen molar-refractivity contribution < 1.29 is 0 Å². The van der Waals surface area contributed by atoms with Gasteiger partial charge in [-0.25, -0.2) is 0 Å². The SMILES string of the molecule is CC1(C)CSCC(NCCCn2cccn2)C1. The first-order chi connectivity index (χ1) is 8.16. The van der Waals surface area contributed by atoms with E-state index in [1.165, 1.54) is 17.9 Å². The van der Waals surface area contributed by atoms with Gasteiger partial charge in [0.1, 0.15) is 0 Å². The molecule has 1 aromatic rings. The Labute approximate surface area is 108 Å².